The standard InChI is InChI=1S/C9H9ClN4O/c1-13-4-5-15-7-6(13)9-11-2-3-14(9)12-8(7)10/h2-3H,4-5H2,1H3. The van der Waals surface area contributed by atoms with Crippen molar-refractivity contribution in [3.8, 4) is 5.75 Å². The van der Waals surface area contributed by atoms with Crippen molar-refractivity contribution < 1.29 is 4.74 Å². The minimum atomic E-state index is 0.377. The number of hydrogen-bond acceptors (Lipinski definition) is 4. The summed E-state index contributed by atoms with van der Waals surface area (Å²) in [6.07, 6.45) is 3.46. The fourth-order valence-corrected chi connectivity index (χ4v) is 1.98. The predicted molar refractivity (Wildman–Crippen MR) is 56.8 cm³/mol. The number of nitrogens with zero attached hydrogens (tertiary/aromatic N) is 4. The summed E-state index contributed by atoms with van der Waals surface area (Å²) in [6.45, 7) is 1.46. The predicted octanol–water partition coefficient (Wildman–Crippen LogP) is 1.21. The SMILES string of the molecule is CN1CCOc2c(Cl)nn3ccnc3c21. The van der Waals surface area contributed by atoms with Gasteiger partial charge in [0.2, 0.25) is 0 Å². The van der Waals surface area contributed by atoms with Crippen LogP contribution in [0.2, 0.25) is 5.15 Å². The van der Waals surface area contributed by atoms with Gasteiger partial charge in [0, 0.05) is 19.4 Å². The molecule has 0 N–H and O–H groups in total. The zero-order valence-electron chi connectivity index (χ0n) is 8.14. The first-order valence-corrected chi connectivity index (χ1v) is 5.02. The minimum absolute atomic E-state index is 0.377. The molecule has 0 atom stereocenters. The Hall–Kier alpha value is -1.49. The topological polar surface area (TPSA) is 42.7 Å². The van der Waals surface area contributed by atoms with Crippen LogP contribution in [0.15, 0.2) is 12.4 Å². The van der Waals surface area contributed by atoms with Crippen molar-refractivity contribution in [2.45, 2.75) is 0 Å². The molecule has 0 unspecified atom stereocenters. The Morgan fingerprint density at radius 2 is 2.40 bits per heavy atom. The molecule has 1 aliphatic rings. The number of likely N-dealkylation sites (N-methyl/N-ethyl adjacent to an activating group) is 1. The number of halogens is 1. The molecule has 3 rings (SSSR count). The van der Waals surface area contributed by atoms with Gasteiger partial charge in [-0.05, 0) is 0 Å². The van der Waals surface area contributed by atoms with Gasteiger partial charge in [0.15, 0.2) is 16.5 Å². The quantitative estimate of drug-likeness (QED) is 0.675. The molecule has 0 radical (unpaired) electrons. The first-order valence-electron chi connectivity index (χ1n) is 4.64. The normalized spacial score (nSPS) is 15.2. The van der Waals surface area contributed by atoms with Gasteiger partial charge >= 0.3 is 0 Å². The maximum atomic E-state index is 6.03. The first kappa shape index (κ1) is 8.79. The van der Waals surface area contributed by atoms with Gasteiger partial charge < -0.3 is 9.64 Å². The molecule has 0 bridgehead atoms. The lowest BCUT2D eigenvalue weighted by Gasteiger charge is -2.27. The third-order valence-corrected chi connectivity index (χ3v) is 2.73. The highest BCUT2D eigenvalue weighted by Crippen LogP contribution is 2.38. The summed E-state index contributed by atoms with van der Waals surface area (Å²) in [4.78, 5) is 6.32. The van der Waals surface area contributed by atoms with E-state index in [-0.39, 0.29) is 0 Å². The number of rotatable bonds is 0. The molecule has 0 fully saturated rings. The zero-order chi connectivity index (χ0) is 10.4. The summed E-state index contributed by atoms with van der Waals surface area (Å²) in [5.41, 5.74) is 1.68. The highest BCUT2D eigenvalue weighted by atomic mass is 35.5. The highest BCUT2D eigenvalue weighted by Gasteiger charge is 2.23. The zero-order valence-corrected chi connectivity index (χ0v) is 8.90. The Morgan fingerprint density at radius 1 is 1.53 bits per heavy atom. The molecule has 1 aliphatic heterocycles. The molecule has 0 amide bonds. The molecule has 2 aromatic heterocycles. The second-order valence-electron chi connectivity index (χ2n) is 3.43. The summed E-state index contributed by atoms with van der Waals surface area (Å²) >= 11 is 6.03. The van der Waals surface area contributed by atoms with Crippen LogP contribution in [-0.4, -0.2) is 34.8 Å². The van der Waals surface area contributed by atoms with Gasteiger partial charge in [-0.25, -0.2) is 9.50 Å². The number of ether oxygens (including phenoxy) is 1. The smallest absolute Gasteiger partial charge is 0.194 e. The lowest BCUT2D eigenvalue weighted by molar-refractivity contribution is 0.309. The van der Waals surface area contributed by atoms with Crippen LogP contribution in [0.4, 0.5) is 5.69 Å². The van der Waals surface area contributed by atoms with E-state index in [4.69, 9.17) is 16.3 Å². The summed E-state index contributed by atoms with van der Waals surface area (Å²) in [7, 11) is 1.99. The van der Waals surface area contributed by atoms with Crippen molar-refractivity contribution in [3.05, 3.63) is 17.5 Å². The van der Waals surface area contributed by atoms with E-state index in [0.29, 0.717) is 17.5 Å². The minimum Gasteiger partial charge on any atom is -0.486 e. The van der Waals surface area contributed by atoms with Crippen molar-refractivity contribution in [2.75, 3.05) is 25.1 Å². The molecule has 0 spiro atoms. The van der Waals surface area contributed by atoms with Crippen molar-refractivity contribution in [3.63, 3.8) is 0 Å². The van der Waals surface area contributed by atoms with E-state index in [1.54, 1.807) is 16.9 Å². The Morgan fingerprint density at radius 3 is 3.27 bits per heavy atom. The molecule has 0 aliphatic carbocycles. The Bertz CT molecular complexity index is 524. The van der Waals surface area contributed by atoms with Crippen LogP contribution >= 0.6 is 11.6 Å². The molecular formula is C9H9ClN4O. The lowest BCUT2D eigenvalue weighted by atomic mass is 10.3. The maximum absolute atomic E-state index is 6.03. The van der Waals surface area contributed by atoms with Gasteiger partial charge in [-0.15, -0.1) is 0 Å². The third kappa shape index (κ3) is 1.16. The van der Waals surface area contributed by atoms with E-state index in [2.05, 4.69) is 15.0 Å². The maximum Gasteiger partial charge on any atom is 0.194 e. The van der Waals surface area contributed by atoms with Crippen LogP contribution < -0.4 is 9.64 Å². The summed E-state index contributed by atoms with van der Waals surface area (Å²) in [6, 6.07) is 0. The van der Waals surface area contributed by atoms with Crippen molar-refractivity contribution in [1.29, 1.82) is 0 Å². The van der Waals surface area contributed by atoms with Crippen molar-refractivity contribution in [2.24, 2.45) is 0 Å². The van der Waals surface area contributed by atoms with Crippen LogP contribution in [0.25, 0.3) is 5.65 Å². The average molecular weight is 225 g/mol. The Balaban J connectivity index is 2.40. The van der Waals surface area contributed by atoms with E-state index in [1.165, 1.54) is 0 Å². The van der Waals surface area contributed by atoms with Gasteiger partial charge in [0.25, 0.3) is 0 Å². The molecule has 0 saturated carbocycles. The number of aromatic nitrogens is 3. The third-order valence-electron chi connectivity index (χ3n) is 2.49. The van der Waals surface area contributed by atoms with E-state index < -0.39 is 0 Å². The van der Waals surface area contributed by atoms with Crippen molar-refractivity contribution >= 4 is 22.9 Å². The average Bonchev–Trinajstić information content (AvgIpc) is 2.66. The number of fused-ring (bicyclic) bond motifs is 3. The van der Waals surface area contributed by atoms with Gasteiger partial charge in [0.1, 0.15) is 12.3 Å². The van der Waals surface area contributed by atoms with Crippen LogP contribution in [0, 0.1) is 0 Å². The molecule has 0 saturated heterocycles. The molecule has 2 aromatic rings. The second-order valence-corrected chi connectivity index (χ2v) is 3.79. The summed E-state index contributed by atoms with van der Waals surface area (Å²) < 4.78 is 7.17. The van der Waals surface area contributed by atoms with Crippen molar-refractivity contribution in [1.82, 2.24) is 14.6 Å². The van der Waals surface area contributed by atoms with E-state index >= 15 is 0 Å². The molecule has 15 heavy (non-hydrogen) atoms. The number of hydrogen-bond donors (Lipinski definition) is 0. The molecule has 5 nitrogen and oxygen atoms in total. The largest absolute Gasteiger partial charge is 0.486 e. The lowest BCUT2D eigenvalue weighted by Crippen LogP contribution is -2.30. The molecule has 6 heteroatoms. The monoisotopic (exact) mass is 224 g/mol. The number of imidazole rings is 1. The summed E-state index contributed by atoms with van der Waals surface area (Å²) in [5, 5.41) is 4.53. The Kier molecular flexibility index (Phi) is 1.76. The number of anilines is 1. The second kappa shape index (κ2) is 3.00. The van der Waals surface area contributed by atoms with Gasteiger partial charge in [-0.1, -0.05) is 11.6 Å². The Labute approximate surface area is 91.2 Å². The molecule has 0 aromatic carbocycles. The highest BCUT2D eigenvalue weighted by molar-refractivity contribution is 6.31. The first-order chi connectivity index (χ1) is 7.27. The molecule has 3 heterocycles. The van der Waals surface area contributed by atoms with Crippen LogP contribution in [0.5, 0.6) is 5.75 Å². The van der Waals surface area contributed by atoms with E-state index in [0.717, 1.165) is 17.9 Å². The van der Waals surface area contributed by atoms with E-state index in [9.17, 15) is 0 Å². The van der Waals surface area contributed by atoms with Crippen LogP contribution in [-0.2, 0) is 0 Å². The molecule has 78 valence electrons. The van der Waals surface area contributed by atoms with Gasteiger partial charge in [-0.3, -0.25) is 0 Å². The van der Waals surface area contributed by atoms with Crippen LogP contribution in [0.3, 0.4) is 0 Å². The fourth-order valence-electron chi connectivity index (χ4n) is 1.75. The summed E-state index contributed by atoms with van der Waals surface area (Å²) in [5.74, 6) is 0.629. The van der Waals surface area contributed by atoms with Crippen LogP contribution in [0.1, 0.15) is 0 Å². The van der Waals surface area contributed by atoms with Gasteiger partial charge in [0.05, 0.1) is 6.54 Å². The molecular weight excluding hydrogens is 216 g/mol. The fraction of sp³-hybridized carbons (Fsp3) is 0.333. The van der Waals surface area contributed by atoms with E-state index in [1.807, 2.05) is 7.05 Å². The van der Waals surface area contributed by atoms with Gasteiger partial charge in [-0.2, -0.15) is 5.10 Å².